The Morgan fingerprint density at radius 3 is 2.47 bits per heavy atom. The SMILES string of the molecule is CC(C)C(N)c1nnc2c(Cl)cc(C(F)(F)F)cn12. The first kappa shape index (κ1) is 14.1. The van der Waals surface area contributed by atoms with Gasteiger partial charge >= 0.3 is 6.18 Å². The highest BCUT2D eigenvalue weighted by atomic mass is 35.5. The average Bonchev–Trinajstić information content (AvgIpc) is 2.70. The van der Waals surface area contributed by atoms with E-state index in [9.17, 15) is 13.2 Å². The maximum atomic E-state index is 12.7. The van der Waals surface area contributed by atoms with Crippen LogP contribution in [0.4, 0.5) is 13.2 Å². The quantitative estimate of drug-likeness (QED) is 0.925. The third kappa shape index (κ3) is 2.52. The minimum Gasteiger partial charge on any atom is -0.321 e. The Bertz CT molecular complexity index is 606. The molecule has 19 heavy (non-hydrogen) atoms. The average molecular weight is 293 g/mol. The molecule has 1 unspecified atom stereocenters. The zero-order valence-corrected chi connectivity index (χ0v) is 11.0. The van der Waals surface area contributed by atoms with Crippen molar-refractivity contribution in [2.75, 3.05) is 0 Å². The number of halogens is 4. The van der Waals surface area contributed by atoms with Gasteiger partial charge in [0.2, 0.25) is 0 Å². The van der Waals surface area contributed by atoms with Gasteiger partial charge in [-0.05, 0) is 12.0 Å². The number of alkyl halides is 3. The van der Waals surface area contributed by atoms with Gasteiger partial charge in [-0.25, -0.2) is 0 Å². The van der Waals surface area contributed by atoms with E-state index in [1.54, 1.807) is 0 Å². The van der Waals surface area contributed by atoms with Crippen molar-refractivity contribution in [3.05, 3.63) is 28.7 Å². The number of aromatic nitrogens is 3. The maximum Gasteiger partial charge on any atom is 0.417 e. The predicted octanol–water partition coefficient (Wildman–Crippen LogP) is 3.06. The van der Waals surface area contributed by atoms with E-state index < -0.39 is 17.8 Å². The molecule has 0 radical (unpaired) electrons. The van der Waals surface area contributed by atoms with Gasteiger partial charge in [0.25, 0.3) is 0 Å². The van der Waals surface area contributed by atoms with Crippen molar-refractivity contribution >= 4 is 17.2 Å². The summed E-state index contributed by atoms with van der Waals surface area (Å²) in [6.45, 7) is 3.70. The zero-order chi connectivity index (χ0) is 14.4. The number of pyridine rings is 1. The van der Waals surface area contributed by atoms with Gasteiger partial charge in [-0.15, -0.1) is 10.2 Å². The van der Waals surface area contributed by atoms with Crippen LogP contribution in [0, 0.1) is 5.92 Å². The second-order valence-corrected chi connectivity index (χ2v) is 5.00. The highest BCUT2D eigenvalue weighted by Crippen LogP contribution is 2.33. The molecule has 0 saturated heterocycles. The van der Waals surface area contributed by atoms with Crippen molar-refractivity contribution < 1.29 is 13.2 Å². The molecule has 2 aromatic heterocycles. The Balaban J connectivity index is 2.67. The summed E-state index contributed by atoms with van der Waals surface area (Å²) < 4.78 is 39.5. The molecular weight excluding hydrogens is 281 g/mol. The topological polar surface area (TPSA) is 56.2 Å². The fraction of sp³-hybridized carbons (Fsp3) is 0.455. The van der Waals surface area contributed by atoms with Crippen LogP contribution in [0.5, 0.6) is 0 Å². The van der Waals surface area contributed by atoms with E-state index in [1.165, 1.54) is 4.40 Å². The lowest BCUT2D eigenvalue weighted by Gasteiger charge is -2.14. The first-order valence-electron chi connectivity index (χ1n) is 5.58. The molecule has 2 heterocycles. The van der Waals surface area contributed by atoms with Crippen LogP contribution < -0.4 is 5.73 Å². The summed E-state index contributed by atoms with van der Waals surface area (Å²) in [5.41, 5.74) is 5.22. The van der Waals surface area contributed by atoms with Gasteiger partial charge < -0.3 is 5.73 Å². The molecule has 2 N–H and O–H groups in total. The van der Waals surface area contributed by atoms with Gasteiger partial charge in [0.15, 0.2) is 11.5 Å². The van der Waals surface area contributed by atoms with Crippen LogP contribution in [0.2, 0.25) is 5.02 Å². The monoisotopic (exact) mass is 292 g/mol. The number of hydrogen-bond acceptors (Lipinski definition) is 3. The third-order valence-corrected chi connectivity index (χ3v) is 3.11. The number of hydrogen-bond donors (Lipinski definition) is 1. The standard InChI is InChI=1S/C11H12ClF3N4/c1-5(2)8(16)10-18-17-9-7(12)3-6(4-19(9)10)11(13,14)15/h3-5,8H,16H2,1-2H3. The Morgan fingerprint density at radius 1 is 1.32 bits per heavy atom. The molecule has 1 atom stereocenters. The maximum absolute atomic E-state index is 12.7. The second kappa shape index (κ2) is 4.64. The highest BCUT2D eigenvalue weighted by molar-refractivity contribution is 6.33. The number of rotatable bonds is 2. The molecule has 0 aliphatic rings. The van der Waals surface area contributed by atoms with Crippen LogP contribution in [0.3, 0.4) is 0 Å². The summed E-state index contributed by atoms with van der Waals surface area (Å²) in [6, 6.07) is 0.311. The molecule has 4 nitrogen and oxygen atoms in total. The first-order valence-corrected chi connectivity index (χ1v) is 5.96. The van der Waals surface area contributed by atoms with Gasteiger partial charge in [-0.2, -0.15) is 13.2 Å². The smallest absolute Gasteiger partial charge is 0.321 e. The molecular formula is C11H12ClF3N4. The molecule has 0 fully saturated rings. The van der Waals surface area contributed by atoms with Gasteiger partial charge in [0, 0.05) is 6.20 Å². The van der Waals surface area contributed by atoms with Gasteiger partial charge in [0.05, 0.1) is 16.6 Å². The molecule has 104 valence electrons. The predicted molar refractivity (Wildman–Crippen MR) is 64.8 cm³/mol. The van der Waals surface area contributed by atoms with Crippen LogP contribution in [0.1, 0.15) is 31.3 Å². The van der Waals surface area contributed by atoms with E-state index in [2.05, 4.69) is 10.2 Å². The van der Waals surface area contributed by atoms with Crippen LogP contribution in [-0.4, -0.2) is 14.6 Å². The molecule has 0 aromatic carbocycles. The normalized spacial score (nSPS) is 14.3. The fourth-order valence-corrected chi connectivity index (χ4v) is 1.90. The van der Waals surface area contributed by atoms with Gasteiger partial charge in [-0.3, -0.25) is 4.40 Å². The van der Waals surface area contributed by atoms with Gasteiger partial charge in [0.1, 0.15) is 0 Å². The summed E-state index contributed by atoms with van der Waals surface area (Å²) in [6.07, 6.45) is -3.57. The summed E-state index contributed by atoms with van der Waals surface area (Å²) in [5.74, 6) is 0.277. The lowest BCUT2D eigenvalue weighted by atomic mass is 10.1. The number of nitrogens with zero attached hydrogens (tertiary/aromatic N) is 3. The summed E-state index contributed by atoms with van der Waals surface area (Å²) >= 11 is 5.80. The lowest BCUT2D eigenvalue weighted by molar-refractivity contribution is -0.137. The molecule has 0 aliphatic carbocycles. The molecule has 0 saturated carbocycles. The zero-order valence-electron chi connectivity index (χ0n) is 10.2. The van der Waals surface area contributed by atoms with Crippen LogP contribution in [0.25, 0.3) is 5.65 Å². The van der Waals surface area contributed by atoms with Crippen molar-refractivity contribution in [2.24, 2.45) is 11.7 Å². The van der Waals surface area contributed by atoms with Gasteiger partial charge in [-0.1, -0.05) is 25.4 Å². The second-order valence-electron chi connectivity index (χ2n) is 4.60. The van der Waals surface area contributed by atoms with E-state index in [1.807, 2.05) is 13.8 Å². The molecule has 2 aromatic rings. The minimum atomic E-state index is -4.48. The molecule has 0 spiro atoms. The summed E-state index contributed by atoms with van der Waals surface area (Å²) in [4.78, 5) is 0. The fourth-order valence-electron chi connectivity index (χ4n) is 1.65. The van der Waals surface area contributed by atoms with Crippen molar-refractivity contribution in [2.45, 2.75) is 26.1 Å². The molecule has 0 aliphatic heterocycles. The lowest BCUT2D eigenvalue weighted by Crippen LogP contribution is -2.20. The first-order chi connectivity index (χ1) is 8.71. The van der Waals surface area contributed by atoms with Crippen LogP contribution >= 0.6 is 11.6 Å². The molecule has 2 rings (SSSR count). The Labute approximate surface area is 112 Å². The Morgan fingerprint density at radius 2 is 1.95 bits per heavy atom. The highest BCUT2D eigenvalue weighted by Gasteiger charge is 2.32. The van der Waals surface area contributed by atoms with E-state index in [4.69, 9.17) is 17.3 Å². The van der Waals surface area contributed by atoms with Crippen molar-refractivity contribution in [3.8, 4) is 0 Å². The summed E-state index contributed by atoms with van der Waals surface area (Å²) in [7, 11) is 0. The molecule has 8 heteroatoms. The van der Waals surface area contributed by atoms with E-state index in [-0.39, 0.29) is 22.4 Å². The van der Waals surface area contributed by atoms with Crippen LogP contribution in [0.15, 0.2) is 12.3 Å². The molecule has 0 amide bonds. The number of fused-ring (bicyclic) bond motifs is 1. The Kier molecular flexibility index (Phi) is 3.44. The molecule has 0 bridgehead atoms. The minimum absolute atomic E-state index is 0.0146. The van der Waals surface area contributed by atoms with E-state index in [0.29, 0.717) is 0 Å². The van der Waals surface area contributed by atoms with Crippen molar-refractivity contribution in [1.82, 2.24) is 14.6 Å². The van der Waals surface area contributed by atoms with Crippen molar-refractivity contribution in [1.29, 1.82) is 0 Å². The number of nitrogens with two attached hydrogens (primary N) is 1. The van der Waals surface area contributed by atoms with E-state index in [0.717, 1.165) is 12.3 Å². The largest absolute Gasteiger partial charge is 0.417 e. The van der Waals surface area contributed by atoms with E-state index >= 15 is 0 Å². The Hall–Kier alpha value is -1.34. The summed E-state index contributed by atoms with van der Waals surface area (Å²) in [5, 5.41) is 7.51. The third-order valence-electron chi connectivity index (χ3n) is 2.83. The van der Waals surface area contributed by atoms with Crippen molar-refractivity contribution in [3.63, 3.8) is 0 Å². The van der Waals surface area contributed by atoms with Crippen LogP contribution in [-0.2, 0) is 6.18 Å².